The molecule has 1 aliphatic rings. The molecule has 1 amide bonds. The van der Waals surface area contributed by atoms with Crippen LogP contribution >= 0.6 is 0 Å². The number of hydrogen-bond acceptors (Lipinski definition) is 5. The van der Waals surface area contributed by atoms with Crippen LogP contribution in [0.3, 0.4) is 0 Å². The highest BCUT2D eigenvalue weighted by Crippen LogP contribution is 2.29. The van der Waals surface area contributed by atoms with Gasteiger partial charge >= 0.3 is 5.97 Å². The first-order valence-electron chi connectivity index (χ1n) is 9.05. The maximum absolute atomic E-state index is 12.7. The number of carbonyl (C=O) groups is 3. The number of anilines is 1. The number of ketones is 1. The zero-order valence-electron chi connectivity index (χ0n) is 15.6. The second kappa shape index (κ2) is 6.92. The van der Waals surface area contributed by atoms with Crippen LogP contribution in [-0.2, 0) is 16.0 Å². The number of aromatic amines is 1. The van der Waals surface area contributed by atoms with Gasteiger partial charge in [-0.3, -0.25) is 14.7 Å². The van der Waals surface area contributed by atoms with E-state index in [1.54, 1.807) is 42.2 Å². The number of para-hydroxylation sites is 1. The lowest BCUT2D eigenvalue weighted by Crippen LogP contribution is -2.26. The van der Waals surface area contributed by atoms with Gasteiger partial charge in [0.05, 0.1) is 5.52 Å². The number of aromatic nitrogens is 2. The lowest BCUT2D eigenvalue weighted by atomic mass is 10.0. The summed E-state index contributed by atoms with van der Waals surface area (Å²) in [5.41, 5.74) is 3.11. The Balaban J connectivity index is 1.51. The summed E-state index contributed by atoms with van der Waals surface area (Å²) in [5, 5.41) is 7.43. The number of nitrogens with one attached hydrogen (secondary N) is 1. The van der Waals surface area contributed by atoms with Crippen molar-refractivity contribution in [2.24, 2.45) is 0 Å². The number of Topliss-reactive ketones (excluding diaryl/α,β-unsaturated/α-hetero) is 1. The average Bonchev–Trinajstić information content (AvgIpc) is 3.30. The Bertz CT molecular complexity index is 1100. The van der Waals surface area contributed by atoms with Crippen LogP contribution in [0.5, 0.6) is 0 Å². The van der Waals surface area contributed by atoms with E-state index in [1.165, 1.54) is 6.92 Å². The van der Waals surface area contributed by atoms with Crippen molar-refractivity contribution in [3.05, 3.63) is 59.3 Å². The number of H-pyrrole nitrogens is 1. The Morgan fingerprint density at radius 2 is 1.96 bits per heavy atom. The highest BCUT2D eigenvalue weighted by atomic mass is 16.5. The van der Waals surface area contributed by atoms with Gasteiger partial charge in [0, 0.05) is 30.1 Å². The maximum atomic E-state index is 12.7. The predicted octanol–water partition coefficient (Wildman–Crippen LogP) is 2.90. The van der Waals surface area contributed by atoms with Crippen molar-refractivity contribution in [3.63, 3.8) is 0 Å². The van der Waals surface area contributed by atoms with E-state index in [0.717, 1.165) is 16.8 Å². The SMILES string of the molecule is CC(=O)N1CCc2cc(C(=O)[C@@H](C)OC(=O)c3n[nH]c4ccccc34)ccc21. The Morgan fingerprint density at radius 3 is 2.75 bits per heavy atom. The van der Waals surface area contributed by atoms with Gasteiger partial charge in [-0.15, -0.1) is 0 Å². The van der Waals surface area contributed by atoms with Crippen molar-refractivity contribution in [1.29, 1.82) is 0 Å². The molecule has 0 saturated heterocycles. The van der Waals surface area contributed by atoms with Crippen molar-refractivity contribution >= 4 is 34.3 Å². The van der Waals surface area contributed by atoms with Gasteiger partial charge in [0.1, 0.15) is 0 Å². The molecular weight excluding hydrogens is 358 g/mol. The number of amides is 1. The summed E-state index contributed by atoms with van der Waals surface area (Å²) in [5.74, 6) is -0.967. The second-order valence-corrected chi connectivity index (χ2v) is 6.79. The fraction of sp³-hybridized carbons (Fsp3) is 0.238. The van der Waals surface area contributed by atoms with E-state index >= 15 is 0 Å². The summed E-state index contributed by atoms with van der Waals surface area (Å²) in [6, 6.07) is 12.4. The molecule has 0 fully saturated rings. The molecule has 0 aliphatic carbocycles. The normalized spacial score (nSPS) is 14.0. The molecular formula is C21H19N3O4. The van der Waals surface area contributed by atoms with Gasteiger partial charge in [-0.05, 0) is 43.2 Å². The van der Waals surface area contributed by atoms with E-state index in [0.29, 0.717) is 23.9 Å². The molecule has 1 aromatic heterocycles. The first-order valence-corrected chi connectivity index (χ1v) is 9.05. The molecule has 1 aliphatic heterocycles. The molecule has 0 radical (unpaired) electrons. The third-order valence-corrected chi connectivity index (χ3v) is 4.96. The van der Waals surface area contributed by atoms with Crippen LogP contribution in [-0.4, -0.2) is 40.5 Å². The van der Waals surface area contributed by atoms with Gasteiger partial charge in [-0.2, -0.15) is 5.10 Å². The molecule has 0 saturated carbocycles. The molecule has 0 bridgehead atoms. The van der Waals surface area contributed by atoms with Crippen molar-refractivity contribution in [1.82, 2.24) is 10.2 Å². The highest BCUT2D eigenvalue weighted by Gasteiger charge is 2.26. The number of ether oxygens (including phenoxy) is 1. The third-order valence-electron chi connectivity index (χ3n) is 4.96. The molecule has 2 aromatic carbocycles. The average molecular weight is 377 g/mol. The highest BCUT2D eigenvalue weighted by molar-refractivity contribution is 6.05. The Labute approximate surface area is 161 Å². The van der Waals surface area contributed by atoms with Crippen LogP contribution in [0.1, 0.15) is 40.3 Å². The summed E-state index contributed by atoms with van der Waals surface area (Å²) in [6.45, 7) is 3.68. The Morgan fingerprint density at radius 1 is 1.18 bits per heavy atom. The van der Waals surface area contributed by atoms with E-state index in [1.807, 2.05) is 12.1 Å². The van der Waals surface area contributed by atoms with Gasteiger partial charge in [-0.25, -0.2) is 4.79 Å². The van der Waals surface area contributed by atoms with Gasteiger partial charge in [0.25, 0.3) is 0 Å². The zero-order valence-corrected chi connectivity index (χ0v) is 15.6. The predicted molar refractivity (Wildman–Crippen MR) is 103 cm³/mol. The number of rotatable bonds is 4. The van der Waals surface area contributed by atoms with Crippen LogP contribution in [0, 0.1) is 0 Å². The van der Waals surface area contributed by atoms with E-state index in [2.05, 4.69) is 10.2 Å². The van der Waals surface area contributed by atoms with Gasteiger partial charge in [0.2, 0.25) is 11.7 Å². The van der Waals surface area contributed by atoms with E-state index in [4.69, 9.17) is 4.74 Å². The molecule has 3 aromatic rings. The first kappa shape index (κ1) is 17.9. The summed E-state index contributed by atoms with van der Waals surface area (Å²) >= 11 is 0. The first-order chi connectivity index (χ1) is 13.5. The number of nitrogens with zero attached hydrogens (tertiary/aromatic N) is 2. The number of esters is 1. The van der Waals surface area contributed by atoms with Crippen molar-refractivity contribution < 1.29 is 19.1 Å². The summed E-state index contributed by atoms with van der Waals surface area (Å²) in [4.78, 5) is 38.6. The number of fused-ring (bicyclic) bond motifs is 2. The van der Waals surface area contributed by atoms with E-state index in [-0.39, 0.29) is 17.4 Å². The molecule has 1 atom stereocenters. The molecule has 28 heavy (non-hydrogen) atoms. The van der Waals surface area contributed by atoms with Gasteiger partial charge in [0.15, 0.2) is 11.8 Å². The number of benzene rings is 2. The smallest absolute Gasteiger partial charge is 0.360 e. The Kier molecular flexibility index (Phi) is 4.43. The maximum Gasteiger partial charge on any atom is 0.360 e. The third kappa shape index (κ3) is 3.05. The minimum absolute atomic E-state index is 0.0219. The molecule has 1 N–H and O–H groups in total. The zero-order chi connectivity index (χ0) is 19.8. The second-order valence-electron chi connectivity index (χ2n) is 6.79. The lowest BCUT2D eigenvalue weighted by molar-refractivity contribution is -0.116. The Hall–Kier alpha value is -3.48. The monoisotopic (exact) mass is 377 g/mol. The van der Waals surface area contributed by atoms with Crippen molar-refractivity contribution in [3.8, 4) is 0 Å². The molecule has 2 heterocycles. The number of carbonyl (C=O) groups excluding carboxylic acids is 3. The summed E-state index contributed by atoms with van der Waals surface area (Å²) < 4.78 is 5.36. The van der Waals surface area contributed by atoms with Crippen LogP contribution in [0.15, 0.2) is 42.5 Å². The molecule has 7 heteroatoms. The molecule has 0 unspecified atom stereocenters. The molecule has 4 rings (SSSR count). The van der Waals surface area contributed by atoms with Crippen molar-refractivity contribution in [2.45, 2.75) is 26.4 Å². The minimum Gasteiger partial charge on any atom is -0.449 e. The molecule has 142 valence electrons. The molecule has 7 nitrogen and oxygen atoms in total. The van der Waals surface area contributed by atoms with Crippen LogP contribution < -0.4 is 4.90 Å². The fourth-order valence-corrected chi connectivity index (χ4v) is 3.51. The van der Waals surface area contributed by atoms with Crippen LogP contribution in [0.25, 0.3) is 10.9 Å². The van der Waals surface area contributed by atoms with Crippen molar-refractivity contribution in [2.75, 3.05) is 11.4 Å². The summed E-state index contributed by atoms with van der Waals surface area (Å²) in [6.07, 6.45) is -0.255. The summed E-state index contributed by atoms with van der Waals surface area (Å²) in [7, 11) is 0. The lowest BCUT2D eigenvalue weighted by Gasteiger charge is -2.15. The number of hydrogen-bond donors (Lipinski definition) is 1. The van der Waals surface area contributed by atoms with E-state index < -0.39 is 12.1 Å². The molecule has 0 spiro atoms. The topological polar surface area (TPSA) is 92.4 Å². The van der Waals surface area contributed by atoms with Crippen LogP contribution in [0.4, 0.5) is 5.69 Å². The van der Waals surface area contributed by atoms with Gasteiger partial charge in [-0.1, -0.05) is 18.2 Å². The van der Waals surface area contributed by atoms with Crippen LogP contribution in [0.2, 0.25) is 0 Å². The quantitative estimate of drug-likeness (QED) is 0.557. The fourth-order valence-electron chi connectivity index (χ4n) is 3.51. The van der Waals surface area contributed by atoms with Gasteiger partial charge < -0.3 is 9.64 Å². The largest absolute Gasteiger partial charge is 0.449 e. The standard InChI is InChI=1S/C21H19N3O4/c1-12(28-21(27)19-16-5-3-4-6-17(16)22-23-19)20(26)15-7-8-18-14(11-15)9-10-24(18)13(2)25/h3-8,11-12H,9-10H2,1-2H3,(H,22,23)/t12-/m1/s1. The minimum atomic E-state index is -0.952. The van der Waals surface area contributed by atoms with E-state index in [9.17, 15) is 14.4 Å².